The summed E-state index contributed by atoms with van der Waals surface area (Å²) < 4.78 is 49.5. The summed E-state index contributed by atoms with van der Waals surface area (Å²) in [7, 11) is -3.65. The first-order valence-electron chi connectivity index (χ1n) is 5.77. The van der Waals surface area contributed by atoms with Crippen LogP contribution in [0.2, 0.25) is 0 Å². The second-order valence-corrected chi connectivity index (χ2v) is 7.10. The van der Waals surface area contributed by atoms with E-state index in [2.05, 4.69) is 6.07 Å². The summed E-state index contributed by atoms with van der Waals surface area (Å²) in [4.78, 5) is -0.235. The monoisotopic (exact) mass is 287 g/mol. The molecule has 6 heteroatoms. The molecule has 0 saturated carbocycles. The molecule has 0 N–H and O–H groups in total. The number of nitrogens with zero attached hydrogens (tertiary/aromatic N) is 1. The minimum Gasteiger partial charge on any atom is -0.224 e. The summed E-state index contributed by atoms with van der Waals surface area (Å²) in [5.41, 5.74) is -0.594. The highest BCUT2D eigenvalue weighted by atomic mass is 32.2. The van der Waals surface area contributed by atoms with Crippen LogP contribution >= 0.6 is 0 Å². The van der Waals surface area contributed by atoms with Gasteiger partial charge in [0, 0.05) is 0 Å². The third-order valence-corrected chi connectivity index (χ3v) is 4.57. The second kappa shape index (κ2) is 5.66. The summed E-state index contributed by atoms with van der Waals surface area (Å²) in [5.74, 6) is -2.45. The Hall–Kier alpha value is -1.48. The van der Waals surface area contributed by atoms with Gasteiger partial charge in [-0.05, 0) is 44.9 Å². The summed E-state index contributed by atoms with van der Waals surface area (Å²) in [6.45, 7) is 3.44. The van der Waals surface area contributed by atoms with Crippen molar-refractivity contribution in [2.45, 2.75) is 31.6 Å². The molecule has 3 nitrogen and oxygen atoms in total. The van der Waals surface area contributed by atoms with E-state index < -0.39 is 26.9 Å². The van der Waals surface area contributed by atoms with Gasteiger partial charge >= 0.3 is 0 Å². The van der Waals surface area contributed by atoms with Gasteiger partial charge in [0.15, 0.2) is 21.5 Å². The Bertz CT molecular complexity index is 604. The first-order chi connectivity index (χ1) is 8.68. The summed E-state index contributed by atoms with van der Waals surface area (Å²) in [5, 5.41) is 8.82. The molecule has 0 atom stereocenters. The standard InChI is InChI=1S/C13H15F2NO2S/c1-13(2,9-16)6-3-7-19(17,18)10-4-5-11(14)12(15)8-10/h4-5,8H,3,6-7H2,1-2H3. The highest BCUT2D eigenvalue weighted by Gasteiger charge is 2.20. The molecule has 0 unspecified atom stereocenters. The van der Waals surface area contributed by atoms with Gasteiger partial charge in [0.25, 0.3) is 0 Å². The largest absolute Gasteiger partial charge is 0.224 e. The smallest absolute Gasteiger partial charge is 0.178 e. The first-order valence-corrected chi connectivity index (χ1v) is 7.42. The van der Waals surface area contributed by atoms with E-state index in [0.29, 0.717) is 18.9 Å². The van der Waals surface area contributed by atoms with Crippen molar-refractivity contribution in [3.63, 3.8) is 0 Å². The van der Waals surface area contributed by atoms with Crippen LogP contribution in [-0.4, -0.2) is 14.2 Å². The first kappa shape index (κ1) is 15.6. The Labute approximate surface area is 111 Å². The molecule has 1 rings (SSSR count). The lowest BCUT2D eigenvalue weighted by atomic mass is 9.90. The van der Waals surface area contributed by atoms with Crippen LogP contribution in [0.3, 0.4) is 0 Å². The Kier molecular flexibility index (Phi) is 4.64. The van der Waals surface area contributed by atoms with Crippen molar-refractivity contribution in [2.75, 3.05) is 5.75 Å². The van der Waals surface area contributed by atoms with Gasteiger partial charge in [-0.15, -0.1) is 0 Å². The summed E-state index contributed by atoms with van der Waals surface area (Å²) >= 11 is 0. The van der Waals surface area contributed by atoms with Crippen LogP contribution in [0.5, 0.6) is 0 Å². The molecule has 0 heterocycles. The number of nitriles is 1. The number of hydrogen-bond donors (Lipinski definition) is 0. The van der Waals surface area contributed by atoms with Gasteiger partial charge in [-0.25, -0.2) is 17.2 Å². The van der Waals surface area contributed by atoms with Gasteiger partial charge < -0.3 is 0 Å². The maximum absolute atomic E-state index is 13.0. The average Bonchev–Trinajstić information content (AvgIpc) is 2.32. The molecule has 0 aliphatic heterocycles. The van der Waals surface area contributed by atoms with Crippen molar-refractivity contribution < 1.29 is 17.2 Å². The molecular weight excluding hydrogens is 272 g/mol. The van der Waals surface area contributed by atoms with E-state index in [1.54, 1.807) is 13.8 Å². The number of hydrogen-bond acceptors (Lipinski definition) is 3. The zero-order valence-corrected chi connectivity index (χ0v) is 11.6. The lowest BCUT2D eigenvalue weighted by Gasteiger charge is -2.14. The van der Waals surface area contributed by atoms with Crippen molar-refractivity contribution in [3.05, 3.63) is 29.8 Å². The lowest BCUT2D eigenvalue weighted by molar-refractivity contribution is 0.445. The molecule has 0 aromatic heterocycles. The maximum atomic E-state index is 13.0. The fourth-order valence-electron chi connectivity index (χ4n) is 1.55. The molecule has 1 aromatic rings. The van der Waals surface area contributed by atoms with Gasteiger partial charge in [0.2, 0.25) is 0 Å². The fourth-order valence-corrected chi connectivity index (χ4v) is 2.87. The van der Waals surface area contributed by atoms with E-state index in [1.165, 1.54) is 0 Å². The van der Waals surface area contributed by atoms with E-state index in [0.717, 1.165) is 12.1 Å². The van der Waals surface area contributed by atoms with Crippen LogP contribution in [0.25, 0.3) is 0 Å². The Morgan fingerprint density at radius 3 is 2.42 bits per heavy atom. The van der Waals surface area contributed by atoms with E-state index in [1.807, 2.05) is 0 Å². The van der Waals surface area contributed by atoms with Crippen molar-refractivity contribution in [1.82, 2.24) is 0 Å². The normalized spacial score (nSPS) is 12.2. The van der Waals surface area contributed by atoms with Gasteiger partial charge in [-0.2, -0.15) is 5.26 Å². The number of halogens is 2. The van der Waals surface area contributed by atoms with Gasteiger partial charge in [-0.1, -0.05) is 0 Å². The number of rotatable bonds is 5. The Morgan fingerprint density at radius 1 is 1.26 bits per heavy atom. The SMILES string of the molecule is CC(C)(C#N)CCCS(=O)(=O)c1ccc(F)c(F)c1. The highest BCUT2D eigenvalue weighted by molar-refractivity contribution is 7.91. The highest BCUT2D eigenvalue weighted by Crippen LogP contribution is 2.23. The van der Waals surface area contributed by atoms with E-state index >= 15 is 0 Å². The van der Waals surface area contributed by atoms with E-state index in [9.17, 15) is 17.2 Å². The number of sulfone groups is 1. The fraction of sp³-hybridized carbons (Fsp3) is 0.462. The third kappa shape index (κ3) is 4.28. The Morgan fingerprint density at radius 2 is 1.89 bits per heavy atom. The van der Waals surface area contributed by atoms with Gasteiger partial charge in [-0.3, -0.25) is 0 Å². The lowest BCUT2D eigenvalue weighted by Crippen LogP contribution is -2.13. The van der Waals surface area contributed by atoms with Gasteiger partial charge in [0.1, 0.15) is 0 Å². The maximum Gasteiger partial charge on any atom is 0.178 e. The molecule has 0 aliphatic carbocycles. The Balaban J connectivity index is 2.77. The molecule has 0 amide bonds. The van der Waals surface area contributed by atoms with Crippen molar-refractivity contribution >= 4 is 9.84 Å². The topological polar surface area (TPSA) is 57.9 Å². The molecule has 0 spiro atoms. The zero-order chi connectivity index (χ0) is 14.7. The molecule has 19 heavy (non-hydrogen) atoms. The predicted octanol–water partition coefficient (Wildman–Crippen LogP) is 3.07. The minimum absolute atomic E-state index is 0.191. The second-order valence-electron chi connectivity index (χ2n) is 4.99. The van der Waals surface area contributed by atoms with Crippen LogP contribution in [0.1, 0.15) is 26.7 Å². The molecule has 0 fully saturated rings. The molecule has 1 aromatic carbocycles. The number of benzene rings is 1. The van der Waals surface area contributed by atoms with E-state index in [4.69, 9.17) is 5.26 Å². The van der Waals surface area contributed by atoms with Crippen molar-refractivity contribution in [3.8, 4) is 6.07 Å². The molecular formula is C13H15F2NO2S. The minimum atomic E-state index is -3.65. The zero-order valence-electron chi connectivity index (χ0n) is 10.8. The van der Waals surface area contributed by atoms with Crippen LogP contribution in [0.15, 0.2) is 23.1 Å². The quantitative estimate of drug-likeness (QED) is 0.782. The van der Waals surface area contributed by atoms with Crippen molar-refractivity contribution in [2.24, 2.45) is 5.41 Å². The van der Waals surface area contributed by atoms with Crippen molar-refractivity contribution in [1.29, 1.82) is 5.26 Å². The average molecular weight is 287 g/mol. The molecule has 104 valence electrons. The predicted molar refractivity (Wildman–Crippen MR) is 67.0 cm³/mol. The van der Waals surface area contributed by atoms with Crippen LogP contribution in [-0.2, 0) is 9.84 Å². The summed E-state index contributed by atoms with van der Waals surface area (Å²) in [6, 6.07) is 4.60. The third-order valence-electron chi connectivity index (χ3n) is 2.77. The summed E-state index contributed by atoms with van der Waals surface area (Å²) in [6.07, 6.45) is 0.717. The molecule has 0 radical (unpaired) electrons. The van der Waals surface area contributed by atoms with E-state index in [-0.39, 0.29) is 10.6 Å². The van der Waals surface area contributed by atoms with Crippen LogP contribution in [0, 0.1) is 28.4 Å². The van der Waals surface area contributed by atoms with Crippen LogP contribution < -0.4 is 0 Å². The molecule has 0 saturated heterocycles. The molecule has 0 aliphatic rings. The van der Waals surface area contributed by atoms with Gasteiger partial charge in [0.05, 0.1) is 22.1 Å². The van der Waals surface area contributed by atoms with Crippen LogP contribution in [0.4, 0.5) is 8.78 Å². The molecule has 0 bridgehead atoms.